The minimum atomic E-state index is -4.39. The molecule has 0 aliphatic carbocycles. The number of rotatable bonds is 3. The molecule has 1 heterocycles. The Balaban J connectivity index is 2.16. The van der Waals surface area contributed by atoms with Gasteiger partial charge in [0.1, 0.15) is 0 Å². The Labute approximate surface area is 114 Å². The Bertz CT molecular complexity index is 627. The maximum Gasteiger partial charge on any atom is 0.416 e. The first-order valence-corrected chi connectivity index (χ1v) is 5.97. The van der Waals surface area contributed by atoms with E-state index in [1.54, 1.807) is 17.8 Å². The number of ketones is 1. The number of alkyl halides is 3. The van der Waals surface area contributed by atoms with Gasteiger partial charge in [0, 0.05) is 18.3 Å². The Hall–Kier alpha value is -2.11. The lowest BCUT2D eigenvalue weighted by Crippen LogP contribution is -2.09. The minimum Gasteiger partial charge on any atom is -0.294 e. The van der Waals surface area contributed by atoms with Gasteiger partial charge >= 0.3 is 6.18 Å². The van der Waals surface area contributed by atoms with Gasteiger partial charge in [0.05, 0.1) is 17.7 Å². The molecule has 0 aliphatic rings. The van der Waals surface area contributed by atoms with Crippen molar-refractivity contribution in [1.29, 1.82) is 0 Å². The van der Waals surface area contributed by atoms with Gasteiger partial charge in [0.2, 0.25) is 0 Å². The fourth-order valence-corrected chi connectivity index (χ4v) is 1.94. The second-order valence-electron chi connectivity index (χ2n) is 4.58. The van der Waals surface area contributed by atoms with Gasteiger partial charge in [0.25, 0.3) is 0 Å². The minimum absolute atomic E-state index is 0.114. The van der Waals surface area contributed by atoms with Gasteiger partial charge in [-0.05, 0) is 25.1 Å². The lowest BCUT2D eigenvalue weighted by atomic mass is 10.0. The van der Waals surface area contributed by atoms with E-state index >= 15 is 0 Å². The number of hydrogen-bond acceptors (Lipinski definition) is 2. The van der Waals surface area contributed by atoms with E-state index in [9.17, 15) is 18.0 Å². The molecule has 1 aromatic heterocycles. The number of carbonyl (C=O) groups is 1. The van der Waals surface area contributed by atoms with Crippen molar-refractivity contribution in [2.24, 2.45) is 7.05 Å². The summed E-state index contributed by atoms with van der Waals surface area (Å²) >= 11 is 0. The number of nitrogens with zero attached hydrogens (tertiary/aromatic N) is 2. The number of Topliss-reactive ketones (excluding diaryl/α,β-unsaturated/α-hetero) is 1. The van der Waals surface area contributed by atoms with E-state index in [0.717, 1.165) is 23.5 Å². The maximum atomic E-state index is 12.4. The topological polar surface area (TPSA) is 34.9 Å². The molecule has 106 valence electrons. The predicted molar refractivity (Wildman–Crippen MR) is 67.4 cm³/mol. The van der Waals surface area contributed by atoms with E-state index in [-0.39, 0.29) is 17.8 Å². The summed E-state index contributed by atoms with van der Waals surface area (Å²) < 4.78 is 38.9. The van der Waals surface area contributed by atoms with Gasteiger partial charge in [-0.15, -0.1) is 0 Å². The molecule has 0 spiro atoms. The van der Waals surface area contributed by atoms with E-state index < -0.39 is 11.7 Å². The molecule has 0 unspecified atom stereocenters. The van der Waals surface area contributed by atoms with Crippen LogP contribution in [0.15, 0.2) is 30.3 Å². The SMILES string of the molecule is Cc1cc(CC(=O)c2ccc(C(F)(F)F)cc2)n(C)n1. The third-order valence-electron chi connectivity index (χ3n) is 2.97. The van der Waals surface area contributed by atoms with Crippen LogP contribution in [0.5, 0.6) is 0 Å². The summed E-state index contributed by atoms with van der Waals surface area (Å²) in [5, 5.41) is 4.12. The van der Waals surface area contributed by atoms with Gasteiger partial charge in [-0.1, -0.05) is 12.1 Å². The highest BCUT2D eigenvalue weighted by Crippen LogP contribution is 2.29. The average Bonchev–Trinajstić information content (AvgIpc) is 2.67. The first kappa shape index (κ1) is 14.3. The third-order valence-corrected chi connectivity index (χ3v) is 2.97. The predicted octanol–water partition coefficient (Wildman–Crippen LogP) is 3.17. The second-order valence-corrected chi connectivity index (χ2v) is 4.58. The monoisotopic (exact) mass is 282 g/mol. The maximum absolute atomic E-state index is 12.4. The number of carbonyl (C=O) groups excluding carboxylic acids is 1. The summed E-state index contributed by atoms with van der Waals surface area (Å²) in [5.74, 6) is -0.235. The molecule has 2 rings (SSSR count). The Kier molecular flexibility index (Phi) is 3.65. The number of aryl methyl sites for hydroxylation is 2. The van der Waals surface area contributed by atoms with Crippen LogP contribution in [-0.2, 0) is 19.6 Å². The van der Waals surface area contributed by atoms with Crippen molar-refractivity contribution in [2.75, 3.05) is 0 Å². The standard InChI is InChI=1S/C14H13F3N2O/c1-9-7-12(19(2)18-9)8-13(20)10-3-5-11(6-4-10)14(15,16)17/h3-7H,8H2,1-2H3. The largest absolute Gasteiger partial charge is 0.416 e. The van der Waals surface area contributed by atoms with Crippen LogP contribution in [0.1, 0.15) is 27.3 Å². The smallest absolute Gasteiger partial charge is 0.294 e. The molecule has 0 fully saturated rings. The van der Waals surface area contributed by atoms with Crippen LogP contribution in [0, 0.1) is 6.92 Å². The Morgan fingerprint density at radius 1 is 1.25 bits per heavy atom. The van der Waals surface area contributed by atoms with Crippen molar-refractivity contribution < 1.29 is 18.0 Å². The van der Waals surface area contributed by atoms with Crippen molar-refractivity contribution in [2.45, 2.75) is 19.5 Å². The van der Waals surface area contributed by atoms with E-state index in [4.69, 9.17) is 0 Å². The highest BCUT2D eigenvalue weighted by molar-refractivity contribution is 5.97. The van der Waals surface area contributed by atoms with Crippen LogP contribution in [0.4, 0.5) is 13.2 Å². The van der Waals surface area contributed by atoms with Gasteiger partial charge in [-0.2, -0.15) is 18.3 Å². The summed E-state index contributed by atoms with van der Waals surface area (Å²) in [4.78, 5) is 12.0. The first-order chi connectivity index (χ1) is 9.27. The van der Waals surface area contributed by atoms with Gasteiger partial charge in [-0.25, -0.2) is 0 Å². The van der Waals surface area contributed by atoms with E-state index in [2.05, 4.69) is 5.10 Å². The fraction of sp³-hybridized carbons (Fsp3) is 0.286. The second kappa shape index (κ2) is 5.11. The molecule has 0 aliphatic heterocycles. The zero-order valence-corrected chi connectivity index (χ0v) is 11.0. The first-order valence-electron chi connectivity index (χ1n) is 5.97. The summed E-state index contributed by atoms with van der Waals surface area (Å²) in [5.41, 5.74) is 1.03. The molecule has 6 heteroatoms. The average molecular weight is 282 g/mol. The summed E-state index contributed by atoms with van der Waals surface area (Å²) in [6, 6.07) is 6.02. The van der Waals surface area contributed by atoms with E-state index in [0.29, 0.717) is 0 Å². The highest BCUT2D eigenvalue weighted by Gasteiger charge is 2.30. The van der Waals surface area contributed by atoms with Gasteiger partial charge < -0.3 is 0 Å². The summed E-state index contributed by atoms with van der Waals surface area (Å²) in [6.45, 7) is 1.81. The van der Waals surface area contributed by atoms with Crippen molar-refractivity contribution in [3.63, 3.8) is 0 Å². The number of aromatic nitrogens is 2. The Morgan fingerprint density at radius 2 is 1.85 bits per heavy atom. The van der Waals surface area contributed by atoms with Crippen molar-refractivity contribution >= 4 is 5.78 Å². The zero-order valence-electron chi connectivity index (χ0n) is 11.0. The van der Waals surface area contributed by atoms with E-state index in [1.807, 2.05) is 6.92 Å². The summed E-state index contributed by atoms with van der Waals surface area (Å²) in [7, 11) is 1.72. The molecule has 0 N–H and O–H groups in total. The third kappa shape index (κ3) is 3.07. The molecule has 0 radical (unpaired) electrons. The van der Waals surface area contributed by atoms with Crippen LogP contribution < -0.4 is 0 Å². The summed E-state index contributed by atoms with van der Waals surface area (Å²) in [6.07, 6.45) is -4.27. The molecule has 0 saturated carbocycles. The normalized spacial score (nSPS) is 11.7. The molecule has 0 amide bonds. The molecule has 20 heavy (non-hydrogen) atoms. The van der Waals surface area contributed by atoms with Crippen molar-refractivity contribution in [3.8, 4) is 0 Å². The molecular weight excluding hydrogens is 269 g/mol. The highest BCUT2D eigenvalue weighted by atomic mass is 19.4. The lowest BCUT2D eigenvalue weighted by molar-refractivity contribution is -0.137. The van der Waals surface area contributed by atoms with Crippen LogP contribution >= 0.6 is 0 Å². The molecule has 2 aromatic rings. The molecule has 0 saturated heterocycles. The number of halogens is 3. The quantitative estimate of drug-likeness (QED) is 0.810. The number of benzene rings is 1. The molecular formula is C14H13F3N2O. The molecule has 0 atom stereocenters. The van der Waals surface area contributed by atoms with Gasteiger partial charge in [-0.3, -0.25) is 9.48 Å². The van der Waals surface area contributed by atoms with Gasteiger partial charge in [0.15, 0.2) is 5.78 Å². The van der Waals surface area contributed by atoms with Crippen LogP contribution in [0.2, 0.25) is 0 Å². The fourth-order valence-electron chi connectivity index (χ4n) is 1.94. The molecule has 0 bridgehead atoms. The van der Waals surface area contributed by atoms with Crippen LogP contribution in [-0.4, -0.2) is 15.6 Å². The number of hydrogen-bond donors (Lipinski definition) is 0. The van der Waals surface area contributed by atoms with Crippen LogP contribution in [0.25, 0.3) is 0 Å². The van der Waals surface area contributed by atoms with Crippen molar-refractivity contribution in [1.82, 2.24) is 9.78 Å². The molecule has 1 aromatic carbocycles. The Morgan fingerprint density at radius 3 is 2.30 bits per heavy atom. The van der Waals surface area contributed by atoms with Crippen LogP contribution in [0.3, 0.4) is 0 Å². The van der Waals surface area contributed by atoms with Crippen molar-refractivity contribution in [3.05, 3.63) is 52.8 Å². The zero-order chi connectivity index (χ0) is 14.9. The lowest BCUT2D eigenvalue weighted by Gasteiger charge is -2.07. The molecule has 3 nitrogen and oxygen atoms in total. The van der Waals surface area contributed by atoms with E-state index in [1.165, 1.54) is 12.1 Å².